The summed E-state index contributed by atoms with van der Waals surface area (Å²) < 4.78 is 6.14. The molecule has 0 radical (unpaired) electrons. The first-order valence-corrected chi connectivity index (χ1v) is 10.6. The second-order valence-electron chi connectivity index (χ2n) is 9.02. The second kappa shape index (κ2) is 8.81. The van der Waals surface area contributed by atoms with Crippen molar-refractivity contribution in [2.45, 2.75) is 25.9 Å². The maximum Gasteiger partial charge on any atom is 0.148 e. The van der Waals surface area contributed by atoms with Gasteiger partial charge in [0.05, 0.1) is 34.9 Å². The summed E-state index contributed by atoms with van der Waals surface area (Å²) in [6, 6.07) is 18.5. The van der Waals surface area contributed by atoms with E-state index in [-0.39, 0.29) is 5.11 Å². The van der Waals surface area contributed by atoms with E-state index in [1.54, 1.807) is 0 Å². The highest BCUT2D eigenvalue weighted by Crippen LogP contribution is 2.31. The van der Waals surface area contributed by atoms with Gasteiger partial charge in [0.1, 0.15) is 19.4 Å². The van der Waals surface area contributed by atoms with Crippen molar-refractivity contribution in [3.8, 4) is 11.3 Å². The minimum absolute atomic E-state index is 0.00388. The Morgan fingerprint density at radius 3 is 2.17 bits per heavy atom. The van der Waals surface area contributed by atoms with Crippen LogP contribution in [0.4, 0.5) is 0 Å². The number of nitrogens with zero attached hydrogens (tertiary/aromatic N) is 1. The third-order valence-corrected chi connectivity index (χ3v) is 5.42. The maximum absolute atomic E-state index is 6.54. The molecule has 3 aromatic rings. The van der Waals surface area contributed by atoms with Crippen LogP contribution in [0.5, 0.6) is 0 Å². The smallest absolute Gasteiger partial charge is 0.148 e. The minimum Gasteiger partial charge on any atom is -0.455 e. The van der Waals surface area contributed by atoms with Gasteiger partial charge < -0.3 is 4.42 Å². The average molecular weight is 411 g/mol. The first-order valence-electron chi connectivity index (χ1n) is 10.3. The molecule has 0 aliphatic rings. The van der Waals surface area contributed by atoms with E-state index in [2.05, 4.69) is 81.6 Å². The maximum atomic E-state index is 6.54. The van der Waals surface area contributed by atoms with Gasteiger partial charge in [-0.3, -0.25) is 0 Å². The van der Waals surface area contributed by atoms with Gasteiger partial charge in [-0.05, 0) is 50.1 Å². The third-order valence-electron chi connectivity index (χ3n) is 5.10. The molecule has 7 heteroatoms. The molecule has 0 N–H and O–H groups in total. The molecule has 1 heterocycles. The molecule has 1 aromatic heterocycles. The molecular weight excluding hydrogens is 385 g/mol. The van der Waals surface area contributed by atoms with Gasteiger partial charge in [-0.15, -0.1) is 0 Å². The molecule has 0 amide bonds. The normalized spacial score (nSPS) is 12.1. The van der Waals surface area contributed by atoms with Crippen LogP contribution in [-0.4, -0.2) is 37.1 Å². The Labute approximate surface area is 188 Å². The third kappa shape index (κ3) is 5.05. The summed E-state index contributed by atoms with van der Waals surface area (Å²) in [5, 5.41) is 0.763. The van der Waals surface area contributed by atoms with Crippen LogP contribution in [0.15, 0.2) is 69.6 Å². The number of hydrogen-bond acceptors (Lipinski definition) is 2. The molecule has 0 aliphatic heterocycles. The van der Waals surface area contributed by atoms with E-state index >= 15 is 0 Å². The Hall–Kier alpha value is -2.32. The topological polar surface area (TPSA) is 25.5 Å². The zero-order valence-corrected chi connectivity index (χ0v) is 19.7. The molecule has 2 aromatic carbocycles. The number of halogens is 1. The Balaban J connectivity index is 1.92. The summed E-state index contributed by atoms with van der Waals surface area (Å²) in [6.07, 6.45) is 0. The highest BCUT2D eigenvalue weighted by molar-refractivity contribution is 6.59. The van der Waals surface area contributed by atoms with Crippen LogP contribution in [-0.2, 0) is 5.11 Å². The van der Waals surface area contributed by atoms with Crippen LogP contribution in [0.25, 0.3) is 17.0 Å². The van der Waals surface area contributed by atoms with Gasteiger partial charge in [0.25, 0.3) is 0 Å². The highest BCUT2D eigenvalue weighted by atomic mass is 35.5. The van der Waals surface area contributed by atoms with Crippen LogP contribution < -0.4 is 5.46 Å². The number of allylic oxidation sites excluding steroid dienone is 1. The molecule has 0 aliphatic carbocycles. The lowest BCUT2D eigenvalue weighted by atomic mass is 9.40. The number of rotatable bonds is 5. The molecule has 30 heavy (non-hydrogen) atoms. The summed E-state index contributed by atoms with van der Waals surface area (Å²) in [4.78, 5) is 4.89. The van der Waals surface area contributed by atoms with Gasteiger partial charge in [-0.25, -0.2) is 4.99 Å². The van der Waals surface area contributed by atoms with E-state index in [1.165, 1.54) is 5.46 Å². The van der Waals surface area contributed by atoms with Gasteiger partial charge in [0, 0.05) is 10.6 Å². The summed E-state index contributed by atoms with van der Waals surface area (Å²) in [5.41, 5.74) is 7.42. The molecule has 0 unspecified atom stereocenters. The van der Waals surface area contributed by atoms with Crippen LogP contribution in [0.3, 0.4) is 0 Å². The fourth-order valence-electron chi connectivity index (χ4n) is 3.36. The standard InChI is InChI=1S/C23H26B4ClNO/c1-13(2)22(15-4-7-17(24)8-5-15)29-14(3)20-10-11-21(30-20)16-6-9-18(19(28)12-16)23(25,26)27/h4-12H,24-27H2,1-3H3/b29-14+. The lowest BCUT2D eigenvalue weighted by Crippen LogP contribution is -2.27. The van der Waals surface area contributed by atoms with E-state index in [1.807, 2.05) is 25.1 Å². The second-order valence-corrected chi connectivity index (χ2v) is 9.43. The van der Waals surface area contributed by atoms with Crippen molar-refractivity contribution in [3.63, 3.8) is 0 Å². The predicted octanol–water partition coefficient (Wildman–Crippen LogP) is 2.13. The van der Waals surface area contributed by atoms with Crippen molar-refractivity contribution in [1.29, 1.82) is 0 Å². The largest absolute Gasteiger partial charge is 0.455 e. The Morgan fingerprint density at radius 1 is 0.933 bits per heavy atom. The van der Waals surface area contributed by atoms with Crippen molar-refractivity contribution in [3.05, 3.63) is 82.1 Å². The van der Waals surface area contributed by atoms with E-state index < -0.39 is 0 Å². The van der Waals surface area contributed by atoms with Crippen LogP contribution >= 0.6 is 11.6 Å². The Kier molecular flexibility index (Phi) is 6.57. The van der Waals surface area contributed by atoms with Crippen molar-refractivity contribution >= 4 is 59.9 Å². The molecule has 0 spiro atoms. The minimum atomic E-state index is 0.00388. The summed E-state index contributed by atoms with van der Waals surface area (Å²) >= 11 is 6.54. The number of furan rings is 1. The monoisotopic (exact) mass is 411 g/mol. The Bertz CT molecular complexity index is 1120. The van der Waals surface area contributed by atoms with E-state index in [0.717, 1.165) is 50.2 Å². The van der Waals surface area contributed by atoms with E-state index in [4.69, 9.17) is 21.0 Å². The zero-order valence-electron chi connectivity index (χ0n) is 18.9. The van der Waals surface area contributed by atoms with Crippen LogP contribution in [0.2, 0.25) is 5.02 Å². The van der Waals surface area contributed by atoms with Crippen molar-refractivity contribution < 1.29 is 4.42 Å². The van der Waals surface area contributed by atoms with Gasteiger partial charge in [-0.2, -0.15) is 0 Å². The molecular formula is C23H26B4ClNO. The molecule has 0 fully saturated rings. The number of hydrogen-bond donors (Lipinski definition) is 0. The summed E-state index contributed by atoms with van der Waals surface area (Å²) in [6.45, 7) is 6.14. The summed E-state index contributed by atoms with van der Waals surface area (Å²) in [7, 11) is 8.57. The van der Waals surface area contributed by atoms with Crippen LogP contribution in [0.1, 0.15) is 37.7 Å². The molecule has 2 nitrogen and oxygen atoms in total. The first-order chi connectivity index (χ1) is 14.1. The SMILES string of the molecule is Bc1ccc(C(/N=C(\C)c2ccc(-c3ccc(C(B)(B)B)c(Cl)c3)o2)=C(C)C)cc1. The Morgan fingerprint density at radius 2 is 1.60 bits per heavy atom. The molecule has 148 valence electrons. The van der Waals surface area contributed by atoms with Gasteiger partial charge in [0.2, 0.25) is 0 Å². The first kappa shape index (κ1) is 22.4. The molecule has 3 rings (SSSR count). The predicted molar refractivity (Wildman–Crippen MR) is 142 cm³/mol. The number of aliphatic imine (C=N–C) groups is 1. The van der Waals surface area contributed by atoms with Gasteiger partial charge in [-0.1, -0.05) is 64.1 Å². The fraction of sp³-hybridized carbons (Fsp3) is 0.174. The van der Waals surface area contributed by atoms with Gasteiger partial charge >= 0.3 is 0 Å². The van der Waals surface area contributed by atoms with Gasteiger partial charge in [0.15, 0.2) is 0 Å². The zero-order chi connectivity index (χ0) is 22.1. The van der Waals surface area contributed by atoms with Crippen molar-refractivity contribution in [2.24, 2.45) is 4.99 Å². The lowest BCUT2D eigenvalue weighted by Gasteiger charge is -2.20. The molecule has 0 bridgehead atoms. The quantitative estimate of drug-likeness (QED) is 0.467. The average Bonchev–Trinajstić information content (AvgIpc) is 3.16. The highest BCUT2D eigenvalue weighted by Gasteiger charge is 2.18. The van der Waals surface area contributed by atoms with Crippen molar-refractivity contribution in [2.75, 3.05) is 0 Å². The fourth-order valence-corrected chi connectivity index (χ4v) is 3.83. The molecule has 0 saturated carbocycles. The summed E-state index contributed by atoms with van der Waals surface area (Å²) in [5.74, 6) is 1.54. The van der Waals surface area contributed by atoms with Crippen LogP contribution in [0, 0.1) is 0 Å². The van der Waals surface area contributed by atoms with E-state index in [9.17, 15) is 0 Å². The van der Waals surface area contributed by atoms with E-state index in [0.29, 0.717) is 0 Å². The molecule has 0 saturated heterocycles. The number of benzene rings is 2. The lowest BCUT2D eigenvalue weighted by molar-refractivity contribution is 0.572. The molecule has 0 atom stereocenters. The van der Waals surface area contributed by atoms with Crippen molar-refractivity contribution in [1.82, 2.24) is 0 Å².